The topological polar surface area (TPSA) is 47.3 Å². The van der Waals surface area contributed by atoms with Crippen molar-refractivity contribution in [2.45, 2.75) is 50.8 Å². The van der Waals surface area contributed by atoms with Crippen molar-refractivity contribution in [3.63, 3.8) is 0 Å². The number of ether oxygens (including phenoxy) is 1. The second-order valence-corrected chi connectivity index (χ2v) is 4.20. The van der Waals surface area contributed by atoms with Gasteiger partial charge in [-0.2, -0.15) is 0 Å². The molecule has 0 spiro atoms. The van der Waals surface area contributed by atoms with Crippen LogP contribution < -0.4 is 11.1 Å². The summed E-state index contributed by atoms with van der Waals surface area (Å²) < 4.78 is 5.26. The van der Waals surface area contributed by atoms with Crippen LogP contribution in [0.2, 0.25) is 0 Å². The number of hydrogen-bond donors (Lipinski definition) is 2. The summed E-state index contributed by atoms with van der Waals surface area (Å²) in [7, 11) is 1.77. The number of nitrogens with one attached hydrogen (secondary N) is 1. The van der Waals surface area contributed by atoms with Gasteiger partial charge in [0.25, 0.3) is 0 Å². The van der Waals surface area contributed by atoms with E-state index in [2.05, 4.69) is 19.2 Å². The lowest BCUT2D eigenvalue weighted by Gasteiger charge is -2.48. The minimum absolute atomic E-state index is 0.163. The summed E-state index contributed by atoms with van der Waals surface area (Å²) >= 11 is 0. The first-order chi connectivity index (χ1) is 6.15. The molecular formula is C10H22N2O. The standard InChI is InChI=1S/C10H22N2O/c1-4-8(2)12-10(7-11)5-9(6-10)13-3/h8-9,12H,4-7,11H2,1-3H3. The maximum absolute atomic E-state index is 5.77. The molecule has 0 bridgehead atoms. The summed E-state index contributed by atoms with van der Waals surface area (Å²) in [6, 6.07) is 0.557. The van der Waals surface area contributed by atoms with Crippen molar-refractivity contribution >= 4 is 0 Å². The van der Waals surface area contributed by atoms with E-state index in [9.17, 15) is 0 Å². The smallest absolute Gasteiger partial charge is 0.0607 e. The molecule has 0 heterocycles. The molecule has 1 aliphatic carbocycles. The van der Waals surface area contributed by atoms with Crippen molar-refractivity contribution in [2.24, 2.45) is 5.73 Å². The lowest BCUT2D eigenvalue weighted by molar-refractivity contribution is -0.0304. The van der Waals surface area contributed by atoms with E-state index in [-0.39, 0.29) is 5.54 Å². The molecule has 0 aliphatic heterocycles. The van der Waals surface area contributed by atoms with Crippen LogP contribution in [-0.2, 0) is 4.74 Å². The average Bonchev–Trinajstić information content (AvgIpc) is 2.10. The minimum atomic E-state index is 0.163. The number of nitrogens with two attached hydrogens (primary N) is 1. The first-order valence-corrected chi connectivity index (χ1v) is 5.16. The minimum Gasteiger partial charge on any atom is -0.381 e. The first-order valence-electron chi connectivity index (χ1n) is 5.16. The Bertz CT molecular complexity index is 155. The maximum Gasteiger partial charge on any atom is 0.0607 e. The zero-order valence-electron chi connectivity index (χ0n) is 8.97. The lowest BCUT2D eigenvalue weighted by Crippen LogP contribution is -2.64. The number of hydrogen-bond acceptors (Lipinski definition) is 3. The first kappa shape index (κ1) is 11.0. The van der Waals surface area contributed by atoms with Crippen LogP contribution in [0.15, 0.2) is 0 Å². The summed E-state index contributed by atoms with van der Waals surface area (Å²) in [6.07, 6.45) is 3.69. The third-order valence-corrected chi connectivity index (χ3v) is 3.13. The largest absolute Gasteiger partial charge is 0.381 e. The van der Waals surface area contributed by atoms with E-state index in [0.717, 1.165) is 25.8 Å². The Morgan fingerprint density at radius 3 is 2.62 bits per heavy atom. The molecule has 1 saturated carbocycles. The molecule has 3 N–H and O–H groups in total. The van der Waals surface area contributed by atoms with Crippen LogP contribution in [-0.4, -0.2) is 31.3 Å². The van der Waals surface area contributed by atoms with Gasteiger partial charge in [-0.15, -0.1) is 0 Å². The van der Waals surface area contributed by atoms with Gasteiger partial charge in [-0.25, -0.2) is 0 Å². The van der Waals surface area contributed by atoms with Crippen molar-refractivity contribution in [1.29, 1.82) is 0 Å². The predicted octanol–water partition coefficient (Wildman–Crippen LogP) is 0.881. The van der Waals surface area contributed by atoms with E-state index in [4.69, 9.17) is 10.5 Å². The highest BCUT2D eigenvalue weighted by Crippen LogP contribution is 2.33. The highest BCUT2D eigenvalue weighted by molar-refractivity contribution is 5.03. The summed E-state index contributed by atoms with van der Waals surface area (Å²) in [6.45, 7) is 5.11. The van der Waals surface area contributed by atoms with Crippen molar-refractivity contribution in [3.8, 4) is 0 Å². The fourth-order valence-electron chi connectivity index (χ4n) is 1.95. The molecule has 1 unspecified atom stereocenters. The van der Waals surface area contributed by atoms with Crippen molar-refractivity contribution < 1.29 is 4.74 Å². The van der Waals surface area contributed by atoms with Crippen molar-refractivity contribution in [2.75, 3.05) is 13.7 Å². The molecule has 78 valence electrons. The van der Waals surface area contributed by atoms with Gasteiger partial charge in [0, 0.05) is 25.2 Å². The Balaban J connectivity index is 2.36. The molecule has 1 rings (SSSR count). The molecule has 0 aromatic heterocycles. The van der Waals surface area contributed by atoms with Gasteiger partial charge in [0.05, 0.1) is 6.10 Å². The van der Waals surface area contributed by atoms with Crippen LogP contribution >= 0.6 is 0 Å². The van der Waals surface area contributed by atoms with Gasteiger partial charge in [-0.1, -0.05) is 6.92 Å². The Morgan fingerprint density at radius 2 is 2.23 bits per heavy atom. The van der Waals surface area contributed by atoms with E-state index in [1.54, 1.807) is 7.11 Å². The second kappa shape index (κ2) is 4.40. The lowest BCUT2D eigenvalue weighted by atomic mass is 9.73. The summed E-state index contributed by atoms with van der Waals surface area (Å²) in [4.78, 5) is 0. The van der Waals surface area contributed by atoms with Crippen LogP contribution in [0.5, 0.6) is 0 Å². The Hall–Kier alpha value is -0.120. The SMILES string of the molecule is CCC(C)NC1(CN)CC(OC)C1. The van der Waals surface area contributed by atoms with Crippen molar-refractivity contribution in [1.82, 2.24) is 5.32 Å². The van der Waals surface area contributed by atoms with Gasteiger partial charge < -0.3 is 15.8 Å². The molecule has 3 heteroatoms. The van der Waals surface area contributed by atoms with E-state index >= 15 is 0 Å². The number of methoxy groups -OCH3 is 1. The molecule has 0 aromatic carbocycles. The molecular weight excluding hydrogens is 164 g/mol. The molecule has 0 radical (unpaired) electrons. The average molecular weight is 186 g/mol. The highest BCUT2D eigenvalue weighted by atomic mass is 16.5. The van der Waals surface area contributed by atoms with Gasteiger partial charge in [-0.3, -0.25) is 0 Å². The molecule has 1 atom stereocenters. The molecule has 0 saturated heterocycles. The third kappa shape index (κ3) is 2.42. The third-order valence-electron chi connectivity index (χ3n) is 3.13. The monoisotopic (exact) mass is 186 g/mol. The molecule has 13 heavy (non-hydrogen) atoms. The van der Waals surface area contributed by atoms with Crippen LogP contribution in [0.3, 0.4) is 0 Å². The second-order valence-electron chi connectivity index (χ2n) is 4.20. The highest BCUT2D eigenvalue weighted by Gasteiger charge is 2.43. The van der Waals surface area contributed by atoms with Gasteiger partial charge in [0.2, 0.25) is 0 Å². The van der Waals surface area contributed by atoms with E-state index < -0.39 is 0 Å². The van der Waals surface area contributed by atoms with Gasteiger partial charge >= 0.3 is 0 Å². The van der Waals surface area contributed by atoms with Crippen LogP contribution in [0.4, 0.5) is 0 Å². The van der Waals surface area contributed by atoms with Gasteiger partial charge in [0.15, 0.2) is 0 Å². The zero-order chi connectivity index (χ0) is 9.90. The van der Waals surface area contributed by atoms with Gasteiger partial charge in [-0.05, 0) is 26.2 Å². The van der Waals surface area contributed by atoms with Crippen LogP contribution in [0, 0.1) is 0 Å². The molecule has 3 nitrogen and oxygen atoms in total. The Labute approximate surface area is 81.0 Å². The molecule has 0 amide bonds. The van der Waals surface area contributed by atoms with Crippen LogP contribution in [0.1, 0.15) is 33.1 Å². The fourth-order valence-corrected chi connectivity index (χ4v) is 1.95. The van der Waals surface area contributed by atoms with E-state index in [1.807, 2.05) is 0 Å². The van der Waals surface area contributed by atoms with Crippen molar-refractivity contribution in [3.05, 3.63) is 0 Å². The molecule has 1 aliphatic rings. The summed E-state index contributed by atoms with van der Waals surface area (Å²) in [5.41, 5.74) is 5.93. The fraction of sp³-hybridized carbons (Fsp3) is 1.00. The Morgan fingerprint density at radius 1 is 1.62 bits per heavy atom. The Kier molecular flexibility index (Phi) is 3.71. The zero-order valence-corrected chi connectivity index (χ0v) is 8.97. The van der Waals surface area contributed by atoms with E-state index in [1.165, 1.54) is 0 Å². The maximum atomic E-state index is 5.77. The quantitative estimate of drug-likeness (QED) is 0.670. The number of rotatable bonds is 5. The van der Waals surface area contributed by atoms with E-state index in [0.29, 0.717) is 12.1 Å². The summed E-state index contributed by atoms with van der Waals surface area (Å²) in [5.74, 6) is 0. The van der Waals surface area contributed by atoms with Crippen LogP contribution in [0.25, 0.3) is 0 Å². The molecule has 1 fully saturated rings. The predicted molar refractivity (Wildman–Crippen MR) is 54.7 cm³/mol. The summed E-state index contributed by atoms with van der Waals surface area (Å²) in [5, 5.41) is 3.59. The van der Waals surface area contributed by atoms with Gasteiger partial charge in [0.1, 0.15) is 0 Å². The molecule has 0 aromatic rings. The normalized spacial score (nSPS) is 35.5.